The smallest absolute Gasteiger partial charge is 0.303 e. The van der Waals surface area contributed by atoms with Gasteiger partial charge in [0.2, 0.25) is 11.8 Å². The standard InChI is InChI=1S/C18H21N3O5/c1-10(22)20-21(11(2)23)16-14-8-13(9-19)6-7-15(14)26-18(4,5)17(16)25-12(3)24/h6-8,16-17H,1-5H3,(H,20,22). The van der Waals surface area contributed by atoms with Crippen molar-refractivity contribution in [3.63, 3.8) is 0 Å². The Morgan fingerprint density at radius 3 is 2.42 bits per heavy atom. The fraction of sp³-hybridized carbons (Fsp3) is 0.444. The molecule has 1 aliphatic heterocycles. The molecule has 0 aromatic heterocycles. The molecule has 26 heavy (non-hydrogen) atoms. The summed E-state index contributed by atoms with van der Waals surface area (Å²) in [6, 6.07) is 5.95. The van der Waals surface area contributed by atoms with E-state index >= 15 is 0 Å². The van der Waals surface area contributed by atoms with E-state index in [0.29, 0.717) is 16.9 Å². The first-order chi connectivity index (χ1) is 12.1. The summed E-state index contributed by atoms with van der Waals surface area (Å²) in [5.74, 6) is -1.01. The van der Waals surface area contributed by atoms with Crippen LogP contribution in [0.4, 0.5) is 0 Å². The molecule has 0 bridgehead atoms. The molecule has 0 spiro atoms. The maximum atomic E-state index is 12.3. The Labute approximate surface area is 151 Å². The Hall–Kier alpha value is -3.08. The lowest BCUT2D eigenvalue weighted by Crippen LogP contribution is -2.59. The van der Waals surface area contributed by atoms with Crippen molar-refractivity contribution in [2.45, 2.75) is 52.4 Å². The third kappa shape index (κ3) is 3.77. The lowest BCUT2D eigenvalue weighted by atomic mass is 9.85. The number of fused-ring (bicyclic) bond motifs is 1. The van der Waals surface area contributed by atoms with Crippen LogP contribution in [0.2, 0.25) is 0 Å². The Balaban J connectivity index is 2.69. The third-order valence-corrected chi connectivity index (χ3v) is 3.99. The van der Waals surface area contributed by atoms with Crippen LogP contribution in [0.15, 0.2) is 18.2 Å². The first-order valence-electron chi connectivity index (χ1n) is 8.04. The van der Waals surface area contributed by atoms with E-state index < -0.39 is 35.5 Å². The monoisotopic (exact) mass is 359 g/mol. The zero-order valence-electron chi connectivity index (χ0n) is 15.3. The molecule has 2 amide bonds. The van der Waals surface area contributed by atoms with E-state index in [4.69, 9.17) is 9.47 Å². The summed E-state index contributed by atoms with van der Waals surface area (Å²) in [4.78, 5) is 35.6. The molecule has 1 aromatic carbocycles. The van der Waals surface area contributed by atoms with Gasteiger partial charge < -0.3 is 9.47 Å². The molecule has 0 aliphatic carbocycles. The van der Waals surface area contributed by atoms with Crippen LogP contribution in [0.1, 0.15) is 51.8 Å². The highest BCUT2D eigenvalue weighted by atomic mass is 16.6. The Morgan fingerprint density at radius 1 is 1.27 bits per heavy atom. The molecular weight excluding hydrogens is 338 g/mol. The SMILES string of the molecule is CC(=O)NN(C(C)=O)C1c2cc(C#N)ccc2OC(C)(C)C1OC(C)=O. The summed E-state index contributed by atoms with van der Waals surface area (Å²) in [5, 5.41) is 10.3. The van der Waals surface area contributed by atoms with Crippen molar-refractivity contribution < 1.29 is 23.9 Å². The number of ether oxygens (including phenoxy) is 2. The van der Waals surface area contributed by atoms with Crippen LogP contribution in [-0.2, 0) is 19.1 Å². The van der Waals surface area contributed by atoms with E-state index in [9.17, 15) is 19.6 Å². The van der Waals surface area contributed by atoms with Gasteiger partial charge in [0.25, 0.3) is 0 Å². The molecule has 138 valence electrons. The predicted octanol–water partition coefficient (Wildman–Crippen LogP) is 1.60. The summed E-state index contributed by atoms with van der Waals surface area (Å²) < 4.78 is 11.4. The fourth-order valence-corrected chi connectivity index (χ4v) is 3.00. The van der Waals surface area contributed by atoms with Crippen molar-refractivity contribution in [2.24, 2.45) is 0 Å². The predicted molar refractivity (Wildman–Crippen MR) is 90.5 cm³/mol. The van der Waals surface area contributed by atoms with Gasteiger partial charge in [-0.15, -0.1) is 0 Å². The average Bonchev–Trinajstić information content (AvgIpc) is 2.52. The van der Waals surface area contributed by atoms with Crippen molar-refractivity contribution in [2.75, 3.05) is 0 Å². The maximum Gasteiger partial charge on any atom is 0.303 e. The Kier molecular flexibility index (Phi) is 5.21. The van der Waals surface area contributed by atoms with Gasteiger partial charge in [0.1, 0.15) is 17.4 Å². The van der Waals surface area contributed by atoms with Gasteiger partial charge in [-0.05, 0) is 32.0 Å². The topological polar surface area (TPSA) is 109 Å². The van der Waals surface area contributed by atoms with Gasteiger partial charge in [-0.25, -0.2) is 5.01 Å². The summed E-state index contributed by atoms with van der Waals surface area (Å²) in [6.07, 6.45) is -0.905. The molecular formula is C18H21N3O5. The van der Waals surface area contributed by atoms with Crippen molar-refractivity contribution in [1.29, 1.82) is 5.26 Å². The largest absolute Gasteiger partial charge is 0.484 e. The molecule has 1 aromatic rings. The lowest BCUT2D eigenvalue weighted by molar-refractivity contribution is -0.176. The summed E-state index contributed by atoms with van der Waals surface area (Å²) in [5.41, 5.74) is 2.32. The first-order valence-corrected chi connectivity index (χ1v) is 8.04. The minimum absolute atomic E-state index is 0.352. The molecule has 1 N–H and O–H groups in total. The van der Waals surface area contributed by atoms with Crippen LogP contribution in [0, 0.1) is 11.3 Å². The van der Waals surface area contributed by atoms with E-state index in [-0.39, 0.29) is 0 Å². The van der Waals surface area contributed by atoms with E-state index in [1.807, 2.05) is 6.07 Å². The number of hydrogen-bond acceptors (Lipinski definition) is 6. The number of carbonyl (C=O) groups is 3. The highest BCUT2D eigenvalue weighted by Crippen LogP contribution is 2.44. The number of carbonyl (C=O) groups excluding carboxylic acids is 3. The van der Waals surface area contributed by atoms with Crippen LogP contribution in [0.25, 0.3) is 0 Å². The minimum Gasteiger partial charge on any atom is -0.484 e. The van der Waals surface area contributed by atoms with E-state index in [0.717, 1.165) is 5.01 Å². The summed E-state index contributed by atoms with van der Waals surface area (Å²) >= 11 is 0. The van der Waals surface area contributed by atoms with Crippen LogP contribution in [0.3, 0.4) is 0 Å². The molecule has 2 atom stereocenters. The van der Waals surface area contributed by atoms with Gasteiger partial charge >= 0.3 is 5.97 Å². The maximum absolute atomic E-state index is 12.3. The summed E-state index contributed by atoms with van der Waals surface area (Å²) in [7, 11) is 0. The first kappa shape index (κ1) is 19.2. The molecule has 8 nitrogen and oxygen atoms in total. The quantitative estimate of drug-likeness (QED) is 0.635. The molecule has 8 heteroatoms. The second kappa shape index (κ2) is 7.04. The number of rotatable bonds is 2. The van der Waals surface area contributed by atoms with Crippen LogP contribution < -0.4 is 10.2 Å². The highest BCUT2D eigenvalue weighted by molar-refractivity contribution is 5.80. The van der Waals surface area contributed by atoms with Crippen molar-refractivity contribution in [3.8, 4) is 11.8 Å². The Bertz CT molecular complexity index is 797. The molecule has 0 saturated carbocycles. The Morgan fingerprint density at radius 2 is 1.92 bits per heavy atom. The number of nitrogens with zero attached hydrogens (tertiary/aromatic N) is 2. The van der Waals surface area contributed by atoms with Crippen LogP contribution in [0.5, 0.6) is 5.75 Å². The number of hydrazine groups is 1. The summed E-state index contributed by atoms with van der Waals surface area (Å²) in [6.45, 7) is 7.26. The number of amides is 2. The van der Waals surface area contributed by atoms with Crippen molar-refractivity contribution >= 4 is 17.8 Å². The van der Waals surface area contributed by atoms with Gasteiger partial charge in [0.15, 0.2) is 6.10 Å². The molecule has 1 aliphatic rings. The lowest BCUT2D eigenvalue weighted by Gasteiger charge is -2.47. The zero-order valence-corrected chi connectivity index (χ0v) is 15.3. The van der Waals surface area contributed by atoms with Crippen LogP contribution in [-0.4, -0.2) is 34.5 Å². The van der Waals surface area contributed by atoms with Gasteiger partial charge in [-0.2, -0.15) is 5.26 Å². The second-order valence-electron chi connectivity index (χ2n) is 6.60. The van der Waals surface area contributed by atoms with E-state index in [1.54, 1.807) is 32.0 Å². The van der Waals surface area contributed by atoms with E-state index in [2.05, 4.69) is 5.43 Å². The normalized spacial score (nSPS) is 20.0. The zero-order chi connectivity index (χ0) is 19.6. The number of benzene rings is 1. The minimum atomic E-state index is -0.982. The van der Waals surface area contributed by atoms with Gasteiger partial charge in [0.05, 0.1) is 11.6 Å². The van der Waals surface area contributed by atoms with Crippen molar-refractivity contribution in [3.05, 3.63) is 29.3 Å². The third-order valence-electron chi connectivity index (χ3n) is 3.99. The number of nitriles is 1. The van der Waals surface area contributed by atoms with Crippen molar-refractivity contribution in [1.82, 2.24) is 10.4 Å². The molecule has 2 unspecified atom stereocenters. The number of hydrogen-bond donors (Lipinski definition) is 1. The van der Waals surface area contributed by atoms with Gasteiger partial charge in [-0.3, -0.25) is 19.8 Å². The molecule has 0 fully saturated rings. The van der Waals surface area contributed by atoms with Gasteiger partial charge in [-0.1, -0.05) is 0 Å². The average molecular weight is 359 g/mol. The van der Waals surface area contributed by atoms with Gasteiger partial charge in [0, 0.05) is 26.3 Å². The molecule has 2 rings (SSSR count). The van der Waals surface area contributed by atoms with E-state index in [1.165, 1.54) is 20.8 Å². The fourth-order valence-electron chi connectivity index (χ4n) is 3.00. The molecule has 0 saturated heterocycles. The number of esters is 1. The van der Waals surface area contributed by atoms with Crippen LogP contribution >= 0.6 is 0 Å². The second-order valence-corrected chi connectivity index (χ2v) is 6.60. The molecule has 0 radical (unpaired) electrons. The molecule has 1 heterocycles. The highest BCUT2D eigenvalue weighted by Gasteiger charge is 2.50. The number of nitrogens with one attached hydrogen (secondary N) is 1.